The van der Waals surface area contributed by atoms with E-state index in [1.54, 1.807) is 36.4 Å². The van der Waals surface area contributed by atoms with Crippen LogP contribution in [-0.4, -0.2) is 11.8 Å². The zero-order valence-electron chi connectivity index (χ0n) is 12.4. The number of hydrogen-bond donors (Lipinski definition) is 3. The van der Waals surface area contributed by atoms with Crippen LogP contribution in [-0.2, 0) is 10.2 Å². The van der Waals surface area contributed by atoms with Gasteiger partial charge < -0.3 is 16.4 Å². The first kappa shape index (κ1) is 14.1. The lowest BCUT2D eigenvalue weighted by Gasteiger charge is -2.15. The molecule has 3 rings (SSSR count). The van der Waals surface area contributed by atoms with Gasteiger partial charge in [-0.25, -0.2) is 0 Å². The number of hydrogen-bond acceptors (Lipinski definition) is 3. The standard InChI is InChI=1S/C17H17N3O2/c1-17(2)13-8-3-10(9-14(13)20-16(17)22)15(21)19-12-6-4-11(18)5-7-12/h3-9H,18H2,1-2H3,(H,19,21)(H,20,22). The molecule has 0 aromatic heterocycles. The van der Waals surface area contributed by atoms with Crippen LogP contribution in [0.3, 0.4) is 0 Å². The van der Waals surface area contributed by atoms with E-state index in [4.69, 9.17) is 5.73 Å². The minimum atomic E-state index is -0.568. The maximum absolute atomic E-state index is 12.3. The number of benzene rings is 2. The molecular formula is C17H17N3O2. The SMILES string of the molecule is CC1(C)C(=O)Nc2cc(C(=O)Nc3ccc(N)cc3)ccc21. The van der Waals surface area contributed by atoms with Gasteiger partial charge in [-0.2, -0.15) is 0 Å². The Kier molecular flexibility index (Phi) is 3.13. The monoisotopic (exact) mass is 295 g/mol. The van der Waals surface area contributed by atoms with Crippen molar-refractivity contribution in [2.45, 2.75) is 19.3 Å². The van der Waals surface area contributed by atoms with Gasteiger partial charge in [0.25, 0.3) is 5.91 Å². The highest BCUT2D eigenvalue weighted by molar-refractivity contribution is 6.09. The summed E-state index contributed by atoms with van der Waals surface area (Å²) in [6.45, 7) is 3.73. The topological polar surface area (TPSA) is 84.2 Å². The van der Waals surface area contributed by atoms with Crippen LogP contribution in [0.5, 0.6) is 0 Å². The second-order valence-corrected chi connectivity index (χ2v) is 5.92. The number of nitrogens with two attached hydrogens (primary N) is 1. The fraction of sp³-hybridized carbons (Fsp3) is 0.176. The Morgan fingerprint density at radius 2 is 1.82 bits per heavy atom. The molecule has 0 bridgehead atoms. The zero-order valence-corrected chi connectivity index (χ0v) is 12.4. The molecule has 5 heteroatoms. The van der Waals surface area contributed by atoms with Crippen LogP contribution in [0.2, 0.25) is 0 Å². The average molecular weight is 295 g/mol. The maximum atomic E-state index is 12.3. The Bertz CT molecular complexity index is 764. The molecule has 0 saturated carbocycles. The molecule has 1 aliphatic rings. The van der Waals surface area contributed by atoms with E-state index in [1.165, 1.54) is 0 Å². The number of nitrogens with one attached hydrogen (secondary N) is 2. The minimum absolute atomic E-state index is 0.0569. The lowest BCUT2D eigenvalue weighted by Crippen LogP contribution is -2.26. The van der Waals surface area contributed by atoms with Crippen LogP contribution in [0.25, 0.3) is 0 Å². The predicted octanol–water partition coefficient (Wildman–Crippen LogP) is 2.75. The van der Waals surface area contributed by atoms with E-state index in [0.717, 1.165) is 5.56 Å². The zero-order chi connectivity index (χ0) is 15.9. The highest BCUT2D eigenvalue weighted by Gasteiger charge is 2.38. The number of carbonyl (C=O) groups excluding carboxylic acids is 2. The van der Waals surface area contributed by atoms with Gasteiger partial charge in [0.15, 0.2) is 0 Å². The second-order valence-electron chi connectivity index (χ2n) is 5.92. The molecule has 1 heterocycles. The van der Waals surface area contributed by atoms with Crippen LogP contribution in [0.4, 0.5) is 17.1 Å². The summed E-state index contributed by atoms with van der Waals surface area (Å²) in [4.78, 5) is 24.2. The molecule has 2 aromatic carbocycles. The van der Waals surface area contributed by atoms with E-state index < -0.39 is 5.41 Å². The fourth-order valence-electron chi connectivity index (χ4n) is 2.50. The molecular weight excluding hydrogens is 278 g/mol. The van der Waals surface area contributed by atoms with Crippen LogP contribution in [0.15, 0.2) is 42.5 Å². The van der Waals surface area contributed by atoms with E-state index >= 15 is 0 Å². The normalized spacial score (nSPS) is 15.1. The summed E-state index contributed by atoms with van der Waals surface area (Å²) < 4.78 is 0. The highest BCUT2D eigenvalue weighted by Crippen LogP contribution is 2.37. The Morgan fingerprint density at radius 3 is 2.50 bits per heavy atom. The first-order chi connectivity index (χ1) is 10.4. The molecule has 0 unspecified atom stereocenters. The van der Waals surface area contributed by atoms with E-state index in [-0.39, 0.29) is 11.8 Å². The molecule has 2 aromatic rings. The lowest BCUT2D eigenvalue weighted by molar-refractivity contribution is -0.119. The Morgan fingerprint density at radius 1 is 1.14 bits per heavy atom. The van der Waals surface area contributed by atoms with Crippen molar-refractivity contribution < 1.29 is 9.59 Å². The third-order valence-electron chi connectivity index (χ3n) is 3.94. The molecule has 0 fully saturated rings. The Hall–Kier alpha value is -2.82. The third-order valence-corrected chi connectivity index (χ3v) is 3.94. The average Bonchev–Trinajstić information content (AvgIpc) is 2.71. The second kappa shape index (κ2) is 4.87. The molecule has 0 atom stereocenters. The van der Waals surface area contributed by atoms with Crippen LogP contribution < -0.4 is 16.4 Å². The molecule has 0 saturated heterocycles. The van der Waals surface area contributed by atoms with Crippen molar-refractivity contribution >= 4 is 28.9 Å². The van der Waals surface area contributed by atoms with E-state index in [2.05, 4.69) is 10.6 Å². The van der Waals surface area contributed by atoms with Crippen LogP contribution in [0, 0.1) is 0 Å². The van der Waals surface area contributed by atoms with Crippen molar-refractivity contribution in [1.82, 2.24) is 0 Å². The summed E-state index contributed by atoms with van der Waals surface area (Å²) in [5.74, 6) is -0.287. The molecule has 0 aliphatic carbocycles. The van der Waals surface area contributed by atoms with Crippen molar-refractivity contribution in [3.05, 3.63) is 53.6 Å². The van der Waals surface area contributed by atoms with Crippen molar-refractivity contribution in [2.24, 2.45) is 0 Å². The van der Waals surface area contributed by atoms with E-state index in [9.17, 15) is 9.59 Å². The Labute approximate surface area is 128 Å². The predicted molar refractivity (Wildman–Crippen MR) is 86.9 cm³/mol. The number of anilines is 3. The van der Waals surface area contributed by atoms with E-state index in [0.29, 0.717) is 22.6 Å². The first-order valence-corrected chi connectivity index (χ1v) is 7.01. The van der Waals surface area contributed by atoms with Gasteiger partial charge in [0.2, 0.25) is 5.91 Å². The molecule has 5 nitrogen and oxygen atoms in total. The van der Waals surface area contributed by atoms with Gasteiger partial charge in [0.1, 0.15) is 0 Å². The number of nitrogen functional groups attached to an aromatic ring is 1. The summed E-state index contributed by atoms with van der Waals surface area (Å²) in [7, 11) is 0. The quantitative estimate of drug-likeness (QED) is 0.745. The van der Waals surface area contributed by atoms with Gasteiger partial charge in [0, 0.05) is 22.6 Å². The minimum Gasteiger partial charge on any atom is -0.399 e. The molecule has 112 valence electrons. The number of amides is 2. The van der Waals surface area contributed by atoms with Gasteiger partial charge in [-0.1, -0.05) is 6.07 Å². The molecule has 1 aliphatic heterocycles. The fourth-order valence-corrected chi connectivity index (χ4v) is 2.50. The van der Waals surface area contributed by atoms with Crippen LogP contribution in [0.1, 0.15) is 29.8 Å². The molecule has 4 N–H and O–H groups in total. The summed E-state index contributed by atoms with van der Waals surface area (Å²) in [6, 6.07) is 12.2. The molecule has 0 radical (unpaired) electrons. The largest absolute Gasteiger partial charge is 0.399 e. The van der Waals surface area contributed by atoms with Crippen LogP contribution >= 0.6 is 0 Å². The smallest absolute Gasteiger partial charge is 0.255 e. The van der Waals surface area contributed by atoms with Gasteiger partial charge >= 0.3 is 0 Å². The van der Waals surface area contributed by atoms with Crippen molar-refractivity contribution in [3.63, 3.8) is 0 Å². The van der Waals surface area contributed by atoms with Gasteiger partial charge in [0.05, 0.1) is 5.41 Å². The summed E-state index contributed by atoms with van der Waals surface area (Å²) in [6.07, 6.45) is 0. The van der Waals surface area contributed by atoms with Gasteiger partial charge in [-0.15, -0.1) is 0 Å². The van der Waals surface area contributed by atoms with Gasteiger partial charge in [-0.3, -0.25) is 9.59 Å². The highest BCUT2D eigenvalue weighted by atomic mass is 16.2. The molecule has 2 amide bonds. The summed E-state index contributed by atoms with van der Waals surface area (Å²) in [5, 5.41) is 5.62. The number of carbonyl (C=O) groups is 2. The number of fused-ring (bicyclic) bond motifs is 1. The van der Waals surface area contributed by atoms with Crippen molar-refractivity contribution in [1.29, 1.82) is 0 Å². The summed E-state index contributed by atoms with van der Waals surface area (Å²) >= 11 is 0. The number of rotatable bonds is 2. The van der Waals surface area contributed by atoms with E-state index in [1.807, 2.05) is 19.9 Å². The molecule has 22 heavy (non-hydrogen) atoms. The van der Waals surface area contributed by atoms with Crippen molar-refractivity contribution in [3.8, 4) is 0 Å². The first-order valence-electron chi connectivity index (χ1n) is 7.01. The lowest BCUT2D eigenvalue weighted by atomic mass is 9.86. The maximum Gasteiger partial charge on any atom is 0.255 e. The third kappa shape index (κ3) is 2.30. The van der Waals surface area contributed by atoms with Gasteiger partial charge in [-0.05, 0) is 55.8 Å². The summed E-state index contributed by atoms with van der Waals surface area (Å²) in [5.41, 5.74) is 8.45. The Balaban J connectivity index is 1.85. The molecule has 0 spiro atoms. The van der Waals surface area contributed by atoms with Crippen molar-refractivity contribution in [2.75, 3.05) is 16.4 Å².